The van der Waals surface area contributed by atoms with Gasteiger partial charge in [-0.3, -0.25) is 24.0 Å². The van der Waals surface area contributed by atoms with Crippen LogP contribution in [-0.4, -0.2) is 131 Å². The predicted octanol–water partition coefficient (Wildman–Crippen LogP) is 6.78. The molecule has 0 aliphatic carbocycles. The normalized spacial score (nSPS) is 20.3. The van der Waals surface area contributed by atoms with Crippen LogP contribution in [0.1, 0.15) is 49.2 Å². The molecule has 372 valence electrons. The molecular formula is C53H64Cl2N8O7. The molecule has 4 aromatic carbocycles. The van der Waals surface area contributed by atoms with Gasteiger partial charge in [-0.05, 0) is 100 Å². The topological polar surface area (TPSA) is 159 Å². The second kappa shape index (κ2) is 24.5. The van der Waals surface area contributed by atoms with Crippen LogP contribution in [0.3, 0.4) is 0 Å². The van der Waals surface area contributed by atoms with E-state index in [1.807, 2.05) is 106 Å². The number of nitrogens with one attached hydrogen (secondary N) is 2. The standard InChI is InChI=1S/C53H64Cl2N8O7/c1-34-29-57-49(64)28-43(25-37-14-19-41(54)20-15-37)61(6)53(68)45(33-69-8)58-51(66)35(2)63(50(65)26-40(52(67)60(34)5)24-36-12-10-9-11-13-36)31-39-16-21-42(55)27-47(39)70-44-22-17-38(18-23-44)46-30-56-48(62(46)7)32-59(3)4/h9-23,27,30,34-35,40,43,45H,24-26,28-29,31-33H2,1-8H3,(H,57,64)(H,58,66)/t34-,35-,40+,43-,45-/m0/s1. The number of methoxy groups -OCH3 is 1. The van der Waals surface area contributed by atoms with E-state index in [0.717, 1.165) is 28.2 Å². The fraction of sp³-hybridized carbons (Fsp3) is 0.396. The molecule has 0 bridgehead atoms. The Bertz CT molecular complexity index is 2590. The van der Waals surface area contributed by atoms with Crippen LogP contribution < -0.4 is 15.4 Å². The van der Waals surface area contributed by atoms with E-state index in [2.05, 4.69) is 20.5 Å². The molecule has 2 N–H and O–H groups in total. The molecule has 5 atom stereocenters. The van der Waals surface area contributed by atoms with Crippen molar-refractivity contribution in [1.82, 2.24) is 39.8 Å². The van der Waals surface area contributed by atoms with Gasteiger partial charge in [0.05, 0.1) is 37.5 Å². The van der Waals surface area contributed by atoms with Crippen LogP contribution in [0.25, 0.3) is 11.3 Å². The summed E-state index contributed by atoms with van der Waals surface area (Å²) >= 11 is 12.8. The van der Waals surface area contributed by atoms with E-state index in [9.17, 15) is 19.2 Å². The van der Waals surface area contributed by atoms with Gasteiger partial charge in [0.25, 0.3) is 0 Å². The monoisotopic (exact) mass is 994 g/mol. The van der Waals surface area contributed by atoms with Gasteiger partial charge in [0, 0.05) is 80.9 Å². The molecule has 0 radical (unpaired) electrons. The summed E-state index contributed by atoms with van der Waals surface area (Å²) in [5.41, 5.74) is 4.09. The number of ether oxygens (including phenoxy) is 2. The van der Waals surface area contributed by atoms with Gasteiger partial charge in [-0.25, -0.2) is 4.98 Å². The molecule has 1 aliphatic rings. The van der Waals surface area contributed by atoms with Gasteiger partial charge in [0.15, 0.2) is 0 Å². The molecule has 0 unspecified atom stereocenters. The van der Waals surface area contributed by atoms with E-state index in [-0.39, 0.29) is 50.8 Å². The second-order valence-corrected chi connectivity index (χ2v) is 19.2. The molecule has 70 heavy (non-hydrogen) atoms. The number of carbonyl (C=O) groups excluding carboxylic acids is 5. The van der Waals surface area contributed by atoms with Gasteiger partial charge in [-0.2, -0.15) is 0 Å². The van der Waals surface area contributed by atoms with Crippen molar-refractivity contribution in [3.8, 4) is 22.8 Å². The molecule has 1 aromatic heterocycles. The van der Waals surface area contributed by atoms with Gasteiger partial charge in [0.2, 0.25) is 29.5 Å². The first-order chi connectivity index (χ1) is 33.4. The van der Waals surface area contributed by atoms with Gasteiger partial charge >= 0.3 is 0 Å². The molecule has 15 nitrogen and oxygen atoms in total. The molecule has 1 fully saturated rings. The highest BCUT2D eigenvalue weighted by Gasteiger charge is 2.36. The van der Waals surface area contributed by atoms with Gasteiger partial charge in [-0.15, -0.1) is 0 Å². The minimum absolute atomic E-state index is 0.0733. The predicted molar refractivity (Wildman–Crippen MR) is 271 cm³/mol. The molecular weight excluding hydrogens is 932 g/mol. The number of likely N-dealkylation sites (N-methyl/N-ethyl adjacent to an activating group) is 2. The lowest BCUT2D eigenvalue weighted by Crippen LogP contribution is -2.57. The zero-order valence-corrected chi connectivity index (χ0v) is 42.7. The highest BCUT2D eigenvalue weighted by atomic mass is 35.5. The van der Waals surface area contributed by atoms with E-state index in [4.69, 9.17) is 32.7 Å². The molecule has 17 heteroatoms. The molecule has 1 aliphatic heterocycles. The van der Waals surface area contributed by atoms with Crippen LogP contribution in [0, 0.1) is 5.92 Å². The van der Waals surface area contributed by atoms with E-state index < -0.39 is 47.8 Å². The summed E-state index contributed by atoms with van der Waals surface area (Å²) in [6.07, 6.45) is 2.03. The number of carbonyl (C=O) groups is 5. The minimum atomic E-state index is -1.19. The van der Waals surface area contributed by atoms with Crippen molar-refractivity contribution in [1.29, 1.82) is 0 Å². The Labute approximate surface area is 421 Å². The van der Waals surface area contributed by atoms with Gasteiger partial charge in [0.1, 0.15) is 29.4 Å². The average Bonchev–Trinajstić information content (AvgIpc) is 3.70. The quantitative estimate of drug-likeness (QED) is 0.130. The Kier molecular flexibility index (Phi) is 18.6. The molecule has 5 amide bonds. The van der Waals surface area contributed by atoms with Crippen LogP contribution in [-0.2, 0) is 61.7 Å². The Morgan fingerprint density at radius 2 is 1.46 bits per heavy atom. The van der Waals surface area contributed by atoms with Crippen molar-refractivity contribution in [2.24, 2.45) is 13.0 Å². The molecule has 6 rings (SSSR count). The van der Waals surface area contributed by atoms with Crippen LogP contribution in [0.4, 0.5) is 0 Å². The SMILES string of the molecule is COC[C@@H]1NC(=O)[C@H](C)N(Cc2ccc(Cl)cc2Oc2ccc(-c3cnc(CN(C)C)n3C)cc2)C(=O)C[C@@H](Cc2ccccc2)C(=O)N(C)[C@@H](C)CNC(=O)C[C@H](Cc2ccc(Cl)cc2)N(C)C1=O. The summed E-state index contributed by atoms with van der Waals surface area (Å²) in [5.74, 6) is -1.34. The summed E-state index contributed by atoms with van der Waals surface area (Å²) in [4.78, 5) is 83.4. The lowest BCUT2D eigenvalue weighted by Gasteiger charge is -2.35. The Morgan fingerprint density at radius 3 is 2.13 bits per heavy atom. The van der Waals surface area contributed by atoms with E-state index in [1.54, 1.807) is 56.3 Å². The lowest BCUT2D eigenvalue weighted by molar-refractivity contribution is -0.147. The van der Waals surface area contributed by atoms with Crippen molar-refractivity contribution in [3.63, 3.8) is 0 Å². The Morgan fingerprint density at radius 1 is 0.786 bits per heavy atom. The second-order valence-electron chi connectivity index (χ2n) is 18.3. The lowest BCUT2D eigenvalue weighted by atomic mass is 9.93. The van der Waals surface area contributed by atoms with Crippen molar-refractivity contribution in [2.75, 3.05) is 48.5 Å². The fourth-order valence-electron chi connectivity index (χ4n) is 8.45. The highest BCUT2D eigenvalue weighted by molar-refractivity contribution is 6.31. The minimum Gasteiger partial charge on any atom is -0.457 e. The first kappa shape index (κ1) is 53.1. The molecule has 0 saturated carbocycles. The maximum atomic E-state index is 15.0. The summed E-state index contributed by atoms with van der Waals surface area (Å²) < 4.78 is 14.0. The van der Waals surface area contributed by atoms with Crippen molar-refractivity contribution in [3.05, 3.63) is 136 Å². The number of hydrogen-bond donors (Lipinski definition) is 2. The summed E-state index contributed by atoms with van der Waals surface area (Å²) in [6, 6.07) is 25.7. The number of benzene rings is 4. The zero-order chi connectivity index (χ0) is 50.6. The third kappa shape index (κ3) is 14.0. The van der Waals surface area contributed by atoms with Gasteiger partial charge in [-0.1, -0.05) is 71.7 Å². The molecule has 2 heterocycles. The van der Waals surface area contributed by atoms with Crippen LogP contribution >= 0.6 is 23.2 Å². The summed E-state index contributed by atoms with van der Waals surface area (Å²) in [6.45, 7) is 3.89. The van der Waals surface area contributed by atoms with Crippen LogP contribution in [0.5, 0.6) is 11.5 Å². The number of halogens is 2. The fourth-order valence-corrected chi connectivity index (χ4v) is 8.74. The molecule has 5 aromatic rings. The number of imidazole rings is 1. The smallest absolute Gasteiger partial charge is 0.247 e. The maximum Gasteiger partial charge on any atom is 0.247 e. The van der Waals surface area contributed by atoms with Crippen molar-refractivity contribution in [2.45, 2.75) is 76.8 Å². The number of hydrogen-bond acceptors (Lipinski definition) is 9. The molecule has 0 spiro atoms. The Balaban J connectivity index is 1.36. The summed E-state index contributed by atoms with van der Waals surface area (Å²) in [7, 11) is 10.6. The first-order valence-corrected chi connectivity index (χ1v) is 24.1. The van der Waals surface area contributed by atoms with E-state index >= 15 is 4.79 Å². The largest absolute Gasteiger partial charge is 0.457 e. The van der Waals surface area contributed by atoms with E-state index in [1.165, 1.54) is 16.9 Å². The maximum absolute atomic E-state index is 15.0. The van der Waals surface area contributed by atoms with Crippen molar-refractivity contribution >= 4 is 52.7 Å². The number of nitrogens with zero attached hydrogens (tertiary/aromatic N) is 6. The van der Waals surface area contributed by atoms with Gasteiger partial charge < -0.3 is 44.3 Å². The van der Waals surface area contributed by atoms with Crippen LogP contribution in [0.15, 0.2) is 103 Å². The van der Waals surface area contributed by atoms with Crippen LogP contribution in [0.2, 0.25) is 10.0 Å². The third-order valence-electron chi connectivity index (χ3n) is 12.8. The number of amides is 5. The highest BCUT2D eigenvalue weighted by Crippen LogP contribution is 2.32. The average molecular weight is 996 g/mol. The first-order valence-electron chi connectivity index (χ1n) is 23.3. The third-order valence-corrected chi connectivity index (χ3v) is 13.3. The van der Waals surface area contributed by atoms with Crippen molar-refractivity contribution < 1.29 is 33.4 Å². The number of aromatic nitrogens is 2. The number of rotatable bonds is 13. The Hall–Kier alpha value is -6.26. The summed E-state index contributed by atoms with van der Waals surface area (Å²) in [5, 5.41) is 6.75. The van der Waals surface area contributed by atoms with E-state index in [0.29, 0.717) is 40.1 Å². The molecule has 1 saturated heterocycles. The zero-order valence-electron chi connectivity index (χ0n) is 41.2.